The van der Waals surface area contributed by atoms with Crippen LogP contribution in [0.25, 0.3) is 0 Å². The minimum atomic E-state index is -0.970. The first-order valence-electron chi connectivity index (χ1n) is 6.02. The van der Waals surface area contributed by atoms with Crippen LogP contribution in [0.5, 0.6) is 11.5 Å². The summed E-state index contributed by atoms with van der Waals surface area (Å²) in [7, 11) is 0. The summed E-state index contributed by atoms with van der Waals surface area (Å²) in [6, 6.07) is 3.10. The first-order chi connectivity index (χ1) is 8.31. The molecular formula is C14H20O4. The van der Waals surface area contributed by atoms with Crippen LogP contribution in [-0.2, 0) is 0 Å². The van der Waals surface area contributed by atoms with E-state index in [9.17, 15) is 4.79 Å². The van der Waals surface area contributed by atoms with Gasteiger partial charge in [0, 0.05) is 0 Å². The van der Waals surface area contributed by atoms with Crippen LogP contribution in [0.2, 0.25) is 0 Å². The predicted octanol–water partition coefficient (Wildman–Crippen LogP) is 3.27. The molecule has 0 aliphatic heterocycles. The molecular weight excluding hydrogens is 232 g/mol. The van der Waals surface area contributed by atoms with Crippen molar-refractivity contribution in [2.45, 2.75) is 46.8 Å². The molecule has 0 aliphatic carbocycles. The quantitative estimate of drug-likeness (QED) is 0.873. The van der Waals surface area contributed by atoms with Crippen LogP contribution in [0.4, 0.5) is 0 Å². The maximum atomic E-state index is 11.0. The summed E-state index contributed by atoms with van der Waals surface area (Å²) < 4.78 is 11.3. The predicted molar refractivity (Wildman–Crippen MR) is 69.7 cm³/mol. The minimum Gasteiger partial charge on any atom is -0.487 e. The fourth-order valence-electron chi connectivity index (χ4n) is 1.59. The van der Waals surface area contributed by atoms with E-state index in [1.54, 1.807) is 6.07 Å². The van der Waals surface area contributed by atoms with Crippen LogP contribution >= 0.6 is 0 Å². The van der Waals surface area contributed by atoms with Crippen LogP contribution in [0.3, 0.4) is 0 Å². The number of aromatic carboxylic acids is 1. The van der Waals surface area contributed by atoms with Gasteiger partial charge in [-0.05, 0) is 52.3 Å². The van der Waals surface area contributed by atoms with E-state index in [1.807, 2.05) is 34.6 Å². The maximum absolute atomic E-state index is 11.0. The van der Waals surface area contributed by atoms with E-state index >= 15 is 0 Å². The second-order valence-corrected chi connectivity index (χ2v) is 4.76. The van der Waals surface area contributed by atoms with Gasteiger partial charge in [-0.3, -0.25) is 0 Å². The van der Waals surface area contributed by atoms with Crippen LogP contribution in [0, 0.1) is 6.92 Å². The van der Waals surface area contributed by atoms with Gasteiger partial charge in [0.15, 0.2) is 11.5 Å². The van der Waals surface area contributed by atoms with Crippen LogP contribution < -0.4 is 9.47 Å². The number of benzene rings is 1. The zero-order valence-corrected chi connectivity index (χ0v) is 11.5. The molecule has 1 rings (SSSR count). The number of ether oxygens (including phenoxy) is 2. The third kappa shape index (κ3) is 3.65. The molecule has 1 aromatic carbocycles. The van der Waals surface area contributed by atoms with Crippen molar-refractivity contribution in [3.8, 4) is 11.5 Å². The Labute approximate surface area is 108 Å². The smallest absolute Gasteiger partial charge is 0.335 e. The summed E-state index contributed by atoms with van der Waals surface area (Å²) in [5.41, 5.74) is 0.971. The summed E-state index contributed by atoms with van der Waals surface area (Å²) in [4.78, 5) is 11.0. The second kappa shape index (κ2) is 5.76. The molecule has 1 N–H and O–H groups in total. The number of aryl methyl sites for hydroxylation is 1. The zero-order chi connectivity index (χ0) is 13.9. The molecule has 0 amide bonds. The third-order valence-electron chi connectivity index (χ3n) is 2.20. The van der Waals surface area contributed by atoms with Crippen LogP contribution in [-0.4, -0.2) is 23.3 Å². The standard InChI is InChI=1S/C14H20O4/c1-8(2)17-12-7-11(14(15)16)6-10(5)13(12)18-9(3)4/h6-9H,1-5H3,(H,15,16). The van der Waals surface area contributed by atoms with E-state index in [1.165, 1.54) is 6.07 Å². The van der Waals surface area contributed by atoms with Gasteiger partial charge in [0.1, 0.15) is 0 Å². The summed E-state index contributed by atoms with van der Waals surface area (Å²) in [6.07, 6.45) is -0.0307. The normalized spacial score (nSPS) is 10.8. The largest absolute Gasteiger partial charge is 0.487 e. The zero-order valence-electron chi connectivity index (χ0n) is 11.5. The van der Waals surface area contributed by atoms with E-state index in [0.717, 1.165) is 5.56 Å². The van der Waals surface area contributed by atoms with Crippen molar-refractivity contribution in [1.82, 2.24) is 0 Å². The Morgan fingerprint density at radius 2 is 1.67 bits per heavy atom. The van der Waals surface area contributed by atoms with E-state index in [0.29, 0.717) is 11.5 Å². The van der Waals surface area contributed by atoms with Gasteiger partial charge in [0.25, 0.3) is 0 Å². The van der Waals surface area contributed by atoms with E-state index in [2.05, 4.69) is 0 Å². The molecule has 0 fully saturated rings. The van der Waals surface area contributed by atoms with Crippen molar-refractivity contribution in [3.05, 3.63) is 23.3 Å². The SMILES string of the molecule is Cc1cc(C(=O)O)cc(OC(C)C)c1OC(C)C. The molecule has 0 radical (unpaired) electrons. The van der Waals surface area contributed by atoms with Gasteiger partial charge in [0.05, 0.1) is 17.8 Å². The number of carbonyl (C=O) groups is 1. The van der Waals surface area contributed by atoms with Gasteiger partial charge in [-0.25, -0.2) is 4.79 Å². The Balaban J connectivity index is 3.25. The molecule has 18 heavy (non-hydrogen) atoms. The van der Waals surface area contributed by atoms with Gasteiger partial charge in [-0.15, -0.1) is 0 Å². The molecule has 0 unspecified atom stereocenters. The molecule has 0 saturated carbocycles. The number of carboxylic acid groups (broad SMARTS) is 1. The van der Waals surface area contributed by atoms with Crippen molar-refractivity contribution in [2.24, 2.45) is 0 Å². The second-order valence-electron chi connectivity index (χ2n) is 4.76. The van der Waals surface area contributed by atoms with Crippen molar-refractivity contribution in [3.63, 3.8) is 0 Å². The molecule has 0 heterocycles. The fraction of sp³-hybridized carbons (Fsp3) is 0.500. The molecule has 1 aromatic rings. The summed E-state index contributed by atoms with van der Waals surface area (Å²) in [6.45, 7) is 9.44. The van der Waals surface area contributed by atoms with Gasteiger partial charge < -0.3 is 14.6 Å². The van der Waals surface area contributed by atoms with Gasteiger partial charge >= 0.3 is 5.97 Å². The highest BCUT2D eigenvalue weighted by atomic mass is 16.5. The average molecular weight is 252 g/mol. The Hall–Kier alpha value is -1.71. The molecule has 0 aromatic heterocycles. The molecule has 0 atom stereocenters. The third-order valence-corrected chi connectivity index (χ3v) is 2.20. The first kappa shape index (κ1) is 14.4. The van der Waals surface area contributed by atoms with Crippen LogP contribution in [0.1, 0.15) is 43.6 Å². The monoisotopic (exact) mass is 252 g/mol. The molecule has 0 saturated heterocycles. The van der Waals surface area contributed by atoms with Gasteiger partial charge in [-0.1, -0.05) is 0 Å². The highest BCUT2D eigenvalue weighted by Gasteiger charge is 2.16. The Morgan fingerprint density at radius 1 is 1.11 bits per heavy atom. The lowest BCUT2D eigenvalue weighted by atomic mass is 10.1. The number of carboxylic acids is 1. The Kier molecular flexibility index (Phi) is 4.59. The maximum Gasteiger partial charge on any atom is 0.335 e. The lowest BCUT2D eigenvalue weighted by molar-refractivity contribution is 0.0695. The highest BCUT2D eigenvalue weighted by molar-refractivity contribution is 5.89. The van der Waals surface area contributed by atoms with Crippen LogP contribution in [0.15, 0.2) is 12.1 Å². The van der Waals surface area contributed by atoms with Crippen molar-refractivity contribution >= 4 is 5.97 Å². The minimum absolute atomic E-state index is 0.00823. The Bertz CT molecular complexity index is 436. The average Bonchev–Trinajstić information content (AvgIpc) is 2.21. The van der Waals surface area contributed by atoms with Gasteiger partial charge in [-0.2, -0.15) is 0 Å². The lowest BCUT2D eigenvalue weighted by Crippen LogP contribution is -2.12. The molecule has 4 nitrogen and oxygen atoms in total. The Morgan fingerprint density at radius 3 is 2.11 bits per heavy atom. The van der Waals surface area contributed by atoms with E-state index in [-0.39, 0.29) is 17.8 Å². The van der Waals surface area contributed by atoms with Crippen molar-refractivity contribution in [2.75, 3.05) is 0 Å². The molecule has 0 spiro atoms. The molecule has 0 aliphatic rings. The van der Waals surface area contributed by atoms with E-state index in [4.69, 9.17) is 14.6 Å². The van der Waals surface area contributed by atoms with Crippen molar-refractivity contribution < 1.29 is 19.4 Å². The molecule has 4 heteroatoms. The fourth-order valence-corrected chi connectivity index (χ4v) is 1.59. The van der Waals surface area contributed by atoms with E-state index < -0.39 is 5.97 Å². The first-order valence-corrected chi connectivity index (χ1v) is 6.02. The number of hydrogen-bond acceptors (Lipinski definition) is 3. The summed E-state index contributed by atoms with van der Waals surface area (Å²) >= 11 is 0. The molecule has 100 valence electrons. The number of rotatable bonds is 5. The topological polar surface area (TPSA) is 55.8 Å². The number of hydrogen-bond donors (Lipinski definition) is 1. The molecule has 0 bridgehead atoms. The lowest BCUT2D eigenvalue weighted by Gasteiger charge is -2.19. The van der Waals surface area contributed by atoms with Crippen molar-refractivity contribution in [1.29, 1.82) is 0 Å². The van der Waals surface area contributed by atoms with Gasteiger partial charge in [0.2, 0.25) is 0 Å². The summed E-state index contributed by atoms with van der Waals surface area (Å²) in [5, 5.41) is 9.04. The summed E-state index contributed by atoms with van der Waals surface area (Å²) in [5.74, 6) is 0.127. The highest BCUT2D eigenvalue weighted by Crippen LogP contribution is 2.34.